The molecular weight excluding hydrogens is 834 g/mol. The molecule has 0 N–H and O–H groups in total. The quantitative estimate of drug-likeness (QED) is 0.156. The van der Waals surface area contributed by atoms with E-state index in [1.54, 1.807) is 0 Å². The average molecular weight is 878 g/mol. The Labute approximate surface area is 327 Å². The molecule has 0 spiro atoms. The van der Waals surface area contributed by atoms with Crippen molar-refractivity contribution < 1.29 is 25.8 Å². The molecule has 3 aromatic heterocycles. The average Bonchev–Trinajstić information content (AvgIpc) is 3.67. The van der Waals surface area contributed by atoms with E-state index in [1.165, 1.54) is 16.7 Å². The van der Waals surface area contributed by atoms with Crippen molar-refractivity contribution in [2.75, 3.05) is 9.80 Å². The van der Waals surface area contributed by atoms with E-state index in [-0.39, 0.29) is 31.9 Å². The van der Waals surface area contributed by atoms with Gasteiger partial charge in [-0.1, -0.05) is 91.2 Å². The maximum Gasteiger partial charge on any atom is 0.135 e. The summed E-state index contributed by atoms with van der Waals surface area (Å²) in [5, 5.41) is 2.24. The minimum atomic E-state index is -0.0102. The van der Waals surface area contributed by atoms with Crippen LogP contribution < -0.4 is 14.5 Å². The Bertz CT molecular complexity index is 2450. The van der Waals surface area contributed by atoms with Gasteiger partial charge in [-0.25, -0.2) is 9.97 Å². The molecule has 8 rings (SSSR count). The Morgan fingerprint density at radius 3 is 2.11 bits per heavy atom. The monoisotopic (exact) mass is 877 g/mol. The number of rotatable bonds is 6. The molecule has 0 radical (unpaired) electrons. The number of hydrogen-bond donors (Lipinski definition) is 0. The normalized spacial score (nSPS) is 13.2. The molecule has 0 fully saturated rings. The predicted octanol–water partition coefficient (Wildman–Crippen LogP) is 12.1. The van der Waals surface area contributed by atoms with Gasteiger partial charge in [0, 0.05) is 61.8 Å². The molecule has 0 atom stereocenters. The van der Waals surface area contributed by atoms with Crippen LogP contribution in [0.2, 0.25) is 0 Å². The van der Waals surface area contributed by atoms with Gasteiger partial charge in [-0.3, -0.25) is 0 Å². The van der Waals surface area contributed by atoms with Crippen molar-refractivity contribution in [3.8, 4) is 17.3 Å². The molecule has 6 nitrogen and oxygen atoms in total. The second-order valence-electron chi connectivity index (χ2n) is 16.0. The number of hydrogen-bond acceptors (Lipinski definition) is 5. The first kappa shape index (κ1) is 36.4. The van der Waals surface area contributed by atoms with Gasteiger partial charge in [-0.05, 0) is 75.2 Å². The molecule has 53 heavy (non-hydrogen) atoms. The van der Waals surface area contributed by atoms with Crippen LogP contribution in [0.4, 0.5) is 22.9 Å². The Hall–Kier alpha value is -4.93. The Morgan fingerprint density at radius 1 is 0.679 bits per heavy atom. The second kappa shape index (κ2) is 13.8. The number of aromatic nitrogens is 3. The predicted molar refractivity (Wildman–Crippen MR) is 214 cm³/mol. The van der Waals surface area contributed by atoms with E-state index in [0.29, 0.717) is 17.4 Å². The van der Waals surface area contributed by atoms with Crippen molar-refractivity contribution in [2.24, 2.45) is 0 Å². The number of para-hydroxylation sites is 3. The summed E-state index contributed by atoms with van der Waals surface area (Å²) in [5.74, 6) is 3.30. The van der Waals surface area contributed by atoms with Crippen LogP contribution in [0, 0.1) is 18.8 Å². The van der Waals surface area contributed by atoms with Gasteiger partial charge in [0.1, 0.15) is 11.6 Å². The molecule has 4 heterocycles. The van der Waals surface area contributed by atoms with E-state index in [0.717, 1.165) is 50.5 Å². The smallest absolute Gasteiger partial charge is 0.135 e. The number of benzene rings is 4. The summed E-state index contributed by atoms with van der Waals surface area (Å²) >= 11 is 0. The summed E-state index contributed by atoms with van der Waals surface area (Å²) in [6.07, 6.45) is 3.91. The number of anilines is 4. The van der Waals surface area contributed by atoms with E-state index in [2.05, 4.69) is 167 Å². The summed E-state index contributed by atoms with van der Waals surface area (Å²) in [6.45, 7) is 19.9. The third-order valence-corrected chi connectivity index (χ3v) is 9.87. The molecule has 0 aliphatic carbocycles. The van der Waals surface area contributed by atoms with Gasteiger partial charge < -0.3 is 19.1 Å². The summed E-state index contributed by atoms with van der Waals surface area (Å²) < 4.78 is 8.72. The van der Waals surface area contributed by atoms with E-state index < -0.39 is 0 Å². The Kier molecular flexibility index (Phi) is 9.49. The minimum absolute atomic E-state index is 0. The van der Waals surface area contributed by atoms with Gasteiger partial charge in [-0.15, -0.1) is 48.1 Å². The van der Waals surface area contributed by atoms with Gasteiger partial charge in [0.2, 0.25) is 0 Å². The first-order valence-corrected chi connectivity index (χ1v) is 18.0. The summed E-state index contributed by atoms with van der Waals surface area (Å²) in [7, 11) is 0. The summed E-state index contributed by atoms with van der Waals surface area (Å²) in [4.78, 5) is 14.2. The third kappa shape index (κ3) is 6.74. The number of pyridine rings is 2. The van der Waals surface area contributed by atoms with Gasteiger partial charge in [0.15, 0.2) is 0 Å². The van der Waals surface area contributed by atoms with Crippen LogP contribution >= 0.6 is 0 Å². The molecule has 7 aromatic rings. The molecular formula is C46H44N5OPt-3. The maximum atomic E-state index is 6.54. The van der Waals surface area contributed by atoms with Crippen LogP contribution in [0.3, 0.4) is 0 Å². The van der Waals surface area contributed by atoms with E-state index in [1.807, 2.05) is 30.6 Å². The first-order valence-electron chi connectivity index (χ1n) is 18.0. The molecule has 0 unspecified atom stereocenters. The molecule has 272 valence electrons. The van der Waals surface area contributed by atoms with Crippen LogP contribution in [-0.2, 0) is 31.9 Å². The van der Waals surface area contributed by atoms with Gasteiger partial charge in [-0.2, -0.15) is 12.1 Å². The fourth-order valence-electron chi connectivity index (χ4n) is 6.92. The molecule has 1 aliphatic rings. The van der Waals surface area contributed by atoms with E-state index >= 15 is 0 Å². The SMILES string of the molecule is CC(C)c1cc(C(C)(C)C)cnc1N1[CH-]N(c2[c-]c(Oc3[c-]c4c(cc3)c3ccccc3n4-c3cc(C(C)(C)C)ccn3)ccc2)c2ccccc21.[Pt]. The van der Waals surface area contributed by atoms with Crippen LogP contribution in [-0.4, -0.2) is 14.5 Å². The van der Waals surface area contributed by atoms with Gasteiger partial charge in [0.05, 0.1) is 0 Å². The maximum absolute atomic E-state index is 6.54. The fraction of sp³-hybridized carbons (Fsp3) is 0.239. The van der Waals surface area contributed by atoms with Crippen molar-refractivity contribution in [3.63, 3.8) is 0 Å². The molecule has 7 heteroatoms. The Balaban J connectivity index is 0.00000435. The van der Waals surface area contributed by atoms with Crippen molar-refractivity contribution in [3.05, 3.63) is 145 Å². The van der Waals surface area contributed by atoms with Crippen LogP contribution in [0.25, 0.3) is 27.6 Å². The van der Waals surface area contributed by atoms with E-state index in [4.69, 9.17) is 14.7 Å². The zero-order valence-electron chi connectivity index (χ0n) is 31.5. The van der Waals surface area contributed by atoms with Crippen molar-refractivity contribution in [2.45, 2.75) is 72.1 Å². The molecule has 4 aromatic carbocycles. The van der Waals surface area contributed by atoms with Gasteiger partial charge in [0.25, 0.3) is 0 Å². The van der Waals surface area contributed by atoms with Crippen LogP contribution in [0.5, 0.6) is 11.5 Å². The topological polar surface area (TPSA) is 46.4 Å². The summed E-state index contributed by atoms with van der Waals surface area (Å²) in [6, 6.07) is 40.7. The second-order valence-corrected chi connectivity index (χ2v) is 16.0. The molecule has 0 saturated heterocycles. The van der Waals surface area contributed by atoms with Crippen molar-refractivity contribution >= 4 is 44.7 Å². The zero-order chi connectivity index (χ0) is 36.4. The Morgan fingerprint density at radius 2 is 1.38 bits per heavy atom. The van der Waals surface area contributed by atoms with E-state index in [9.17, 15) is 0 Å². The number of nitrogens with zero attached hydrogens (tertiary/aromatic N) is 5. The summed E-state index contributed by atoms with van der Waals surface area (Å²) in [5.41, 5.74) is 8.64. The first-order chi connectivity index (χ1) is 24.9. The zero-order valence-corrected chi connectivity index (χ0v) is 33.8. The number of ether oxygens (including phenoxy) is 1. The molecule has 0 amide bonds. The fourth-order valence-corrected chi connectivity index (χ4v) is 6.92. The van der Waals surface area contributed by atoms with Crippen LogP contribution in [0.1, 0.15) is 78.0 Å². The van der Waals surface area contributed by atoms with Crippen molar-refractivity contribution in [1.29, 1.82) is 0 Å². The standard InChI is InChI=1S/C46H44N5O.Pt/c1-30(2)38-24-32(46(6,7)8)28-48-44(38)50-29-49(40-18-11-12-19-41(40)50)33-14-13-15-34(26-33)52-35-20-21-37-36-16-9-10-17-39(36)51(42(37)27-35)43-25-31(22-23-47-43)45(3,4)5;/h9-25,28-30H,1-8H3;/q-3;. The largest absolute Gasteiger partial charge is 0.509 e. The molecule has 0 saturated carbocycles. The number of fused-ring (bicyclic) bond motifs is 4. The van der Waals surface area contributed by atoms with Crippen molar-refractivity contribution in [1.82, 2.24) is 14.5 Å². The molecule has 0 bridgehead atoms. The third-order valence-electron chi connectivity index (χ3n) is 9.87. The van der Waals surface area contributed by atoms with Crippen LogP contribution in [0.15, 0.2) is 109 Å². The van der Waals surface area contributed by atoms with Gasteiger partial charge >= 0.3 is 0 Å². The molecule has 1 aliphatic heterocycles. The minimum Gasteiger partial charge on any atom is -0.509 e.